The topological polar surface area (TPSA) is 55.6 Å². The lowest BCUT2D eigenvalue weighted by Gasteiger charge is -2.28. The predicted octanol–water partition coefficient (Wildman–Crippen LogP) is 1.83. The zero-order valence-electron chi connectivity index (χ0n) is 12.8. The fourth-order valence-electron chi connectivity index (χ4n) is 2.84. The van der Waals surface area contributed by atoms with E-state index in [0.717, 1.165) is 25.0 Å². The summed E-state index contributed by atoms with van der Waals surface area (Å²) in [6, 6.07) is 10.1. The van der Waals surface area contributed by atoms with Crippen LogP contribution >= 0.6 is 0 Å². The fraction of sp³-hybridized carbons (Fsp3) is 0.588. The Kier molecular flexibility index (Phi) is 6.21. The second-order valence-electron chi connectivity index (χ2n) is 5.63. The third-order valence-electron chi connectivity index (χ3n) is 4.10. The van der Waals surface area contributed by atoms with Crippen LogP contribution in [0.15, 0.2) is 30.3 Å². The van der Waals surface area contributed by atoms with E-state index in [1.807, 2.05) is 42.2 Å². The van der Waals surface area contributed by atoms with E-state index in [4.69, 9.17) is 10.5 Å². The highest BCUT2D eigenvalue weighted by Gasteiger charge is 2.26. The van der Waals surface area contributed by atoms with E-state index in [1.165, 1.54) is 0 Å². The van der Waals surface area contributed by atoms with Crippen LogP contribution in [-0.2, 0) is 16.0 Å². The van der Waals surface area contributed by atoms with E-state index in [2.05, 4.69) is 0 Å². The molecule has 4 nitrogen and oxygen atoms in total. The van der Waals surface area contributed by atoms with Crippen LogP contribution < -0.4 is 5.73 Å². The molecule has 0 spiro atoms. The number of benzene rings is 1. The first-order chi connectivity index (χ1) is 10.2. The number of ether oxygens (including phenoxy) is 1. The number of nitrogens with two attached hydrogens (primary N) is 1. The average Bonchev–Trinajstić information content (AvgIpc) is 3.03. The number of rotatable bonds is 7. The van der Waals surface area contributed by atoms with Gasteiger partial charge in [-0.1, -0.05) is 30.3 Å². The van der Waals surface area contributed by atoms with Crippen LogP contribution in [0.4, 0.5) is 0 Å². The molecule has 0 saturated carbocycles. The molecule has 2 unspecified atom stereocenters. The first kappa shape index (κ1) is 16.0. The van der Waals surface area contributed by atoms with Crippen molar-refractivity contribution in [2.75, 3.05) is 26.2 Å². The molecular weight excluding hydrogens is 264 g/mol. The minimum Gasteiger partial charge on any atom is -0.376 e. The van der Waals surface area contributed by atoms with E-state index in [-0.39, 0.29) is 17.9 Å². The predicted molar refractivity (Wildman–Crippen MR) is 83.9 cm³/mol. The fourth-order valence-corrected chi connectivity index (χ4v) is 2.84. The number of amides is 1. The van der Waals surface area contributed by atoms with Gasteiger partial charge in [0.05, 0.1) is 12.0 Å². The summed E-state index contributed by atoms with van der Waals surface area (Å²) in [5.74, 6) is 0.00751. The van der Waals surface area contributed by atoms with Crippen LogP contribution in [-0.4, -0.2) is 43.2 Å². The van der Waals surface area contributed by atoms with Gasteiger partial charge in [-0.05, 0) is 31.7 Å². The Morgan fingerprint density at radius 3 is 2.76 bits per heavy atom. The van der Waals surface area contributed by atoms with Crippen LogP contribution in [0.2, 0.25) is 0 Å². The summed E-state index contributed by atoms with van der Waals surface area (Å²) in [6.07, 6.45) is 3.05. The number of carbonyl (C=O) groups excluding carboxylic acids is 1. The third kappa shape index (κ3) is 4.55. The first-order valence-corrected chi connectivity index (χ1v) is 7.89. The Balaban J connectivity index is 1.96. The zero-order chi connectivity index (χ0) is 15.1. The monoisotopic (exact) mass is 290 g/mol. The SMILES string of the molecule is CCN(CC1CCCO1)C(=O)C(CN)Cc1ccccc1. The van der Waals surface area contributed by atoms with Crippen LogP contribution in [0.5, 0.6) is 0 Å². The van der Waals surface area contributed by atoms with Gasteiger partial charge in [-0.15, -0.1) is 0 Å². The molecule has 4 heteroatoms. The van der Waals surface area contributed by atoms with Gasteiger partial charge in [0.15, 0.2) is 0 Å². The number of hydrogen-bond donors (Lipinski definition) is 1. The van der Waals surface area contributed by atoms with Gasteiger partial charge in [0.2, 0.25) is 5.91 Å². The third-order valence-corrected chi connectivity index (χ3v) is 4.10. The van der Waals surface area contributed by atoms with E-state index >= 15 is 0 Å². The lowest BCUT2D eigenvalue weighted by Crippen LogP contribution is -2.43. The molecule has 0 bridgehead atoms. The van der Waals surface area contributed by atoms with Gasteiger partial charge in [-0.25, -0.2) is 0 Å². The second-order valence-corrected chi connectivity index (χ2v) is 5.63. The number of nitrogens with zero attached hydrogens (tertiary/aromatic N) is 1. The molecule has 1 aromatic carbocycles. The van der Waals surface area contributed by atoms with Gasteiger partial charge in [0.25, 0.3) is 0 Å². The van der Waals surface area contributed by atoms with E-state index < -0.39 is 0 Å². The molecule has 2 atom stereocenters. The van der Waals surface area contributed by atoms with Gasteiger partial charge in [-0.2, -0.15) is 0 Å². The second kappa shape index (κ2) is 8.15. The minimum atomic E-state index is -0.145. The van der Waals surface area contributed by atoms with Crippen molar-refractivity contribution in [1.29, 1.82) is 0 Å². The summed E-state index contributed by atoms with van der Waals surface area (Å²) < 4.78 is 5.64. The van der Waals surface area contributed by atoms with E-state index in [9.17, 15) is 4.79 Å². The number of carbonyl (C=O) groups is 1. The lowest BCUT2D eigenvalue weighted by molar-refractivity contribution is -0.136. The van der Waals surface area contributed by atoms with Crippen LogP contribution in [0.3, 0.4) is 0 Å². The van der Waals surface area contributed by atoms with Crippen molar-refractivity contribution in [3.63, 3.8) is 0 Å². The van der Waals surface area contributed by atoms with E-state index in [0.29, 0.717) is 26.1 Å². The highest BCUT2D eigenvalue weighted by atomic mass is 16.5. The molecule has 2 N–H and O–H groups in total. The van der Waals surface area contributed by atoms with Crippen molar-refractivity contribution in [3.8, 4) is 0 Å². The molecule has 116 valence electrons. The summed E-state index contributed by atoms with van der Waals surface area (Å²) in [5, 5.41) is 0. The molecule has 1 amide bonds. The number of likely N-dealkylation sites (N-methyl/N-ethyl adjacent to an activating group) is 1. The Bertz CT molecular complexity index is 430. The smallest absolute Gasteiger partial charge is 0.227 e. The highest BCUT2D eigenvalue weighted by molar-refractivity contribution is 5.79. The average molecular weight is 290 g/mol. The van der Waals surface area contributed by atoms with Crippen molar-refractivity contribution < 1.29 is 9.53 Å². The Morgan fingerprint density at radius 2 is 2.19 bits per heavy atom. The van der Waals surface area contributed by atoms with Gasteiger partial charge >= 0.3 is 0 Å². The van der Waals surface area contributed by atoms with Gasteiger partial charge in [0, 0.05) is 26.2 Å². The van der Waals surface area contributed by atoms with Gasteiger partial charge in [0.1, 0.15) is 0 Å². The quantitative estimate of drug-likeness (QED) is 0.833. The molecule has 1 aliphatic rings. The Hall–Kier alpha value is -1.39. The molecule has 21 heavy (non-hydrogen) atoms. The van der Waals surface area contributed by atoms with Crippen molar-refractivity contribution in [2.24, 2.45) is 11.7 Å². The largest absolute Gasteiger partial charge is 0.376 e. The van der Waals surface area contributed by atoms with Crippen molar-refractivity contribution in [1.82, 2.24) is 4.90 Å². The molecule has 1 fully saturated rings. The minimum absolute atomic E-state index is 0.145. The van der Waals surface area contributed by atoms with Crippen LogP contribution in [0, 0.1) is 5.92 Å². The van der Waals surface area contributed by atoms with Crippen molar-refractivity contribution in [2.45, 2.75) is 32.3 Å². The maximum atomic E-state index is 12.7. The maximum absolute atomic E-state index is 12.7. The summed E-state index contributed by atoms with van der Waals surface area (Å²) in [5.41, 5.74) is 7.00. The molecule has 2 rings (SSSR count). The molecule has 0 aromatic heterocycles. The summed E-state index contributed by atoms with van der Waals surface area (Å²) in [7, 11) is 0. The van der Waals surface area contributed by atoms with Gasteiger partial charge in [-0.3, -0.25) is 4.79 Å². The molecule has 1 heterocycles. The summed E-state index contributed by atoms with van der Waals surface area (Å²) >= 11 is 0. The normalized spacial score (nSPS) is 19.4. The van der Waals surface area contributed by atoms with Crippen molar-refractivity contribution >= 4 is 5.91 Å². The maximum Gasteiger partial charge on any atom is 0.227 e. The summed E-state index contributed by atoms with van der Waals surface area (Å²) in [6.45, 7) is 4.63. The molecule has 0 aliphatic carbocycles. The molecule has 1 saturated heterocycles. The van der Waals surface area contributed by atoms with Crippen molar-refractivity contribution in [3.05, 3.63) is 35.9 Å². The Labute approximate surface area is 127 Å². The standard InChI is InChI=1S/C17H26N2O2/c1-2-19(13-16-9-6-10-21-16)17(20)15(12-18)11-14-7-4-3-5-8-14/h3-5,7-8,15-16H,2,6,9-13,18H2,1H3. The zero-order valence-corrected chi connectivity index (χ0v) is 12.8. The summed E-state index contributed by atoms with van der Waals surface area (Å²) in [4.78, 5) is 14.6. The highest BCUT2D eigenvalue weighted by Crippen LogP contribution is 2.16. The van der Waals surface area contributed by atoms with Gasteiger partial charge < -0.3 is 15.4 Å². The molecule has 0 radical (unpaired) electrons. The molecule has 1 aromatic rings. The van der Waals surface area contributed by atoms with Crippen LogP contribution in [0.1, 0.15) is 25.3 Å². The molecule has 1 aliphatic heterocycles. The first-order valence-electron chi connectivity index (χ1n) is 7.89. The molecular formula is C17H26N2O2. The Morgan fingerprint density at radius 1 is 1.43 bits per heavy atom. The van der Waals surface area contributed by atoms with E-state index in [1.54, 1.807) is 0 Å². The van der Waals surface area contributed by atoms with Crippen LogP contribution in [0.25, 0.3) is 0 Å². The number of hydrogen-bond acceptors (Lipinski definition) is 3. The lowest BCUT2D eigenvalue weighted by atomic mass is 9.97.